The van der Waals surface area contributed by atoms with Gasteiger partial charge in [0.1, 0.15) is 0 Å². The highest BCUT2D eigenvalue weighted by Crippen LogP contribution is 2.16. The van der Waals surface area contributed by atoms with Crippen molar-refractivity contribution in [3.05, 3.63) is 0 Å². The van der Waals surface area contributed by atoms with Crippen LogP contribution in [0.2, 0.25) is 0 Å². The van der Waals surface area contributed by atoms with E-state index >= 15 is 0 Å². The molecular weight excluding hydrogens is 266 g/mol. The van der Waals surface area contributed by atoms with Crippen molar-refractivity contribution in [3.63, 3.8) is 0 Å². The van der Waals surface area contributed by atoms with Gasteiger partial charge in [-0.3, -0.25) is 0 Å². The van der Waals surface area contributed by atoms with Crippen LogP contribution < -0.4 is 10.9 Å². The molecule has 0 amide bonds. The van der Waals surface area contributed by atoms with Gasteiger partial charge in [-0.1, -0.05) is 0 Å². The van der Waals surface area contributed by atoms with Crippen LogP contribution in [0.3, 0.4) is 0 Å². The highest BCUT2D eigenvalue weighted by molar-refractivity contribution is 5.98. The molecule has 4 nitrogen and oxygen atoms in total. The number of nitrogens with zero attached hydrogens (tertiary/aromatic N) is 2. The minimum atomic E-state index is -4.60. The van der Waals surface area contributed by atoms with Gasteiger partial charge in [0, 0.05) is 11.4 Å². The van der Waals surface area contributed by atoms with Gasteiger partial charge in [-0.05, 0) is 25.7 Å². The molecule has 0 aromatic carbocycles. The fourth-order valence-electron chi connectivity index (χ4n) is 1.34. The maximum atomic E-state index is 11.8. The maximum Gasteiger partial charge on any atom is 0.497 e. The van der Waals surface area contributed by atoms with Crippen molar-refractivity contribution < 1.29 is 26.3 Å². The Balaban J connectivity index is 2.41. The van der Waals surface area contributed by atoms with Gasteiger partial charge >= 0.3 is 12.6 Å². The summed E-state index contributed by atoms with van der Waals surface area (Å²) in [5.74, 6) is 0. The standard InChI is InChI=1S/C8H10F6N4/c9-7(10,11)17-15-5-1-2-6(4-3-5)16-18-8(12,13)14/h17-18H,1-4H2. The zero-order chi connectivity index (χ0) is 13.8. The third kappa shape index (κ3) is 6.30. The molecule has 18 heavy (non-hydrogen) atoms. The van der Waals surface area contributed by atoms with Crippen LogP contribution in [0.4, 0.5) is 26.3 Å². The normalized spacial score (nSPS) is 17.4. The molecule has 1 rings (SSSR count). The molecule has 0 spiro atoms. The Morgan fingerprint density at radius 1 is 0.667 bits per heavy atom. The summed E-state index contributed by atoms with van der Waals surface area (Å²) < 4.78 is 70.6. The van der Waals surface area contributed by atoms with Gasteiger partial charge in [0.15, 0.2) is 0 Å². The molecule has 0 aliphatic heterocycles. The van der Waals surface area contributed by atoms with Crippen LogP contribution in [-0.4, -0.2) is 24.0 Å². The van der Waals surface area contributed by atoms with Crippen molar-refractivity contribution in [1.82, 2.24) is 10.9 Å². The van der Waals surface area contributed by atoms with E-state index in [-0.39, 0.29) is 37.1 Å². The second-order valence-corrected chi connectivity index (χ2v) is 3.58. The van der Waals surface area contributed by atoms with Gasteiger partial charge in [-0.2, -0.15) is 10.2 Å². The monoisotopic (exact) mass is 276 g/mol. The summed E-state index contributed by atoms with van der Waals surface area (Å²) in [6, 6.07) is 0. The van der Waals surface area contributed by atoms with Crippen molar-refractivity contribution in [1.29, 1.82) is 0 Å². The average molecular weight is 276 g/mol. The number of rotatable bonds is 2. The maximum absolute atomic E-state index is 11.8. The molecule has 1 fully saturated rings. The van der Waals surface area contributed by atoms with Crippen molar-refractivity contribution in [2.24, 2.45) is 10.2 Å². The van der Waals surface area contributed by atoms with E-state index in [2.05, 4.69) is 10.2 Å². The summed E-state index contributed by atoms with van der Waals surface area (Å²) in [6.45, 7) is 0. The van der Waals surface area contributed by atoms with Crippen molar-refractivity contribution in [2.75, 3.05) is 0 Å². The first-order valence-electron chi connectivity index (χ1n) is 4.94. The number of hydrazone groups is 2. The molecule has 0 unspecified atom stereocenters. The van der Waals surface area contributed by atoms with Crippen LogP contribution in [0, 0.1) is 0 Å². The third-order valence-electron chi connectivity index (χ3n) is 2.09. The molecule has 0 bridgehead atoms. The molecule has 0 aromatic rings. The van der Waals surface area contributed by atoms with Crippen LogP contribution >= 0.6 is 0 Å². The number of nitrogens with one attached hydrogen (secondary N) is 2. The first-order valence-corrected chi connectivity index (χ1v) is 4.94. The van der Waals surface area contributed by atoms with E-state index in [9.17, 15) is 26.3 Å². The molecule has 1 aliphatic carbocycles. The van der Waals surface area contributed by atoms with Crippen molar-refractivity contribution in [3.8, 4) is 0 Å². The number of hydrogen-bond donors (Lipinski definition) is 2. The Hall–Kier alpha value is -1.48. The summed E-state index contributed by atoms with van der Waals surface area (Å²) in [7, 11) is 0. The Kier molecular flexibility index (Phi) is 4.41. The number of halogens is 6. The molecule has 0 atom stereocenters. The lowest BCUT2D eigenvalue weighted by molar-refractivity contribution is -0.157. The SMILES string of the molecule is FC(F)(F)NN=C1CCC(=NNC(F)(F)F)CC1. The zero-order valence-corrected chi connectivity index (χ0v) is 8.99. The van der Waals surface area contributed by atoms with Gasteiger partial charge in [0.2, 0.25) is 0 Å². The first kappa shape index (κ1) is 14.6. The smallest absolute Gasteiger partial charge is 0.218 e. The molecule has 0 radical (unpaired) electrons. The van der Waals surface area contributed by atoms with E-state index in [1.54, 1.807) is 0 Å². The predicted molar refractivity (Wildman–Crippen MR) is 51.7 cm³/mol. The zero-order valence-electron chi connectivity index (χ0n) is 8.99. The summed E-state index contributed by atoms with van der Waals surface area (Å²) >= 11 is 0. The lowest BCUT2D eigenvalue weighted by atomic mass is 9.97. The molecule has 2 N–H and O–H groups in total. The Bertz CT molecular complexity index is 296. The van der Waals surface area contributed by atoms with Gasteiger partial charge in [-0.15, -0.1) is 26.3 Å². The third-order valence-corrected chi connectivity index (χ3v) is 2.09. The number of hydrogen-bond acceptors (Lipinski definition) is 4. The van der Waals surface area contributed by atoms with E-state index in [4.69, 9.17) is 0 Å². The van der Waals surface area contributed by atoms with Crippen LogP contribution in [0.1, 0.15) is 25.7 Å². The summed E-state index contributed by atoms with van der Waals surface area (Å²) in [5.41, 5.74) is 2.55. The Labute approximate surface area is 98.1 Å². The minimum absolute atomic E-state index is 0.154. The molecule has 104 valence electrons. The van der Waals surface area contributed by atoms with Crippen molar-refractivity contribution in [2.45, 2.75) is 38.3 Å². The molecule has 1 saturated carbocycles. The van der Waals surface area contributed by atoms with E-state index in [0.29, 0.717) is 0 Å². The first-order chi connectivity index (χ1) is 8.16. The van der Waals surface area contributed by atoms with E-state index in [1.165, 1.54) is 0 Å². The topological polar surface area (TPSA) is 48.8 Å². The second kappa shape index (κ2) is 5.44. The van der Waals surface area contributed by atoms with Crippen LogP contribution in [0.15, 0.2) is 10.2 Å². The summed E-state index contributed by atoms with van der Waals surface area (Å²) in [4.78, 5) is 0. The average Bonchev–Trinajstić information content (AvgIpc) is 2.23. The summed E-state index contributed by atoms with van der Waals surface area (Å²) in [6.07, 6.45) is -8.58. The van der Waals surface area contributed by atoms with E-state index in [0.717, 1.165) is 10.9 Å². The molecule has 10 heteroatoms. The fourth-order valence-corrected chi connectivity index (χ4v) is 1.34. The highest BCUT2D eigenvalue weighted by atomic mass is 19.4. The van der Waals surface area contributed by atoms with Crippen LogP contribution in [0.5, 0.6) is 0 Å². The minimum Gasteiger partial charge on any atom is -0.218 e. The Morgan fingerprint density at radius 3 is 1.17 bits per heavy atom. The Morgan fingerprint density at radius 2 is 0.944 bits per heavy atom. The predicted octanol–water partition coefficient (Wildman–Crippen LogP) is 2.49. The molecule has 0 heterocycles. The molecule has 0 aromatic heterocycles. The van der Waals surface area contributed by atoms with Gasteiger partial charge < -0.3 is 0 Å². The quantitative estimate of drug-likeness (QED) is 0.462. The van der Waals surface area contributed by atoms with Gasteiger partial charge in [-0.25, -0.2) is 10.9 Å². The van der Waals surface area contributed by atoms with E-state index in [1.807, 2.05) is 0 Å². The van der Waals surface area contributed by atoms with Crippen LogP contribution in [-0.2, 0) is 0 Å². The van der Waals surface area contributed by atoms with E-state index < -0.39 is 12.6 Å². The lowest BCUT2D eigenvalue weighted by Gasteiger charge is -2.16. The van der Waals surface area contributed by atoms with Gasteiger partial charge in [0.05, 0.1) is 0 Å². The number of alkyl halides is 6. The largest absolute Gasteiger partial charge is 0.497 e. The van der Waals surface area contributed by atoms with Crippen molar-refractivity contribution >= 4 is 11.4 Å². The van der Waals surface area contributed by atoms with Gasteiger partial charge in [0.25, 0.3) is 0 Å². The second-order valence-electron chi connectivity index (χ2n) is 3.58. The lowest BCUT2D eigenvalue weighted by Crippen LogP contribution is -2.30. The van der Waals surface area contributed by atoms with Crippen LogP contribution in [0.25, 0.3) is 0 Å². The summed E-state index contributed by atoms with van der Waals surface area (Å²) in [5, 5.41) is 6.28. The highest BCUT2D eigenvalue weighted by Gasteiger charge is 2.28. The molecule has 1 aliphatic rings. The molecular formula is C8H10F6N4. The molecule has 0 saturated heterocycles. The fraction of sp³-hybridized carbons (Fsp3) is 0.750.